The van der Waals surface area contributed by atoms with Crippen LogP contribution in [0.15, 0.2) is 24.4 Å². The Balaban J connectivity index is 2.55. The fraction of sp³-hybridized carbons (Fsp3) is 0.429. The molecule has 2 aromatic rings. The molecule has 0 unspecified atom stereocenters. The predicted molar refractivity (Wildman–Crippen MR) is 76.3 cm³/mol. The zero-order valence-electron chi connectivity index (χ0n) is 11.7. The highest BCUT2D eigenvalue weighted by atomic mass is 16.4. The average Bonchev–Trinajstić information content (AvgIpc) is 2.77. The molecule has 2 aromatic heterocycles. The molecule has 0 aliphatic rings. The van der Waals surface area contributed by atoms with Crippen molar-refractivity contribution < 1.29 is 15.0 Å². The van der Waals surface area contributed by atoms with Gasteiger partial charge in [0.15, 0.2) is 11.5 Å². The number of aromatic carboxylic acids is 1. The molecule has 0 atom stereocenters. The maximum Gasteiger partial charge on any atom is 0.356 e. The van der Waals surface area contributed by atoms with Crippen molar-refractivity contribution in [3.8, 4) is 0 Å². The van der Waals surface area contributed by atoms with Crippen molar-refractivity contribution in [3.63, 3.8) is 0 Å². The molecule has 0 saturated carbocycles. The molecule has 0 aliphatic carbocycles. The van der Waals surface area contributed by atoms with Gasteiger partial charge in [-0.2, -0.15) is 0 Å². The first-order valence-electron chi connectivity index (χ1n) is 6.64. The van der Waals surface area contributed by atoms with E-state index in [1.54, 1.807) is 22.7 Å². The molecule has 6 nitrogen and oxygen atoms in total. The number of nitrogens with zero attached hydrogens (tertiary/aromatic N) is 3. The number of carbonyl (C=O) groups is 1. The first-order chi connectivity index (χ1) is 9.56. The number of carboxylic acid groups (broad SMARTS) is 1. The minimum absolute atomic E-state index is 0.0684. The first kappa shape index (κ1) is 14.3. The summed E-state index contributed by atoms with van der Waals surface area (Å²) in [4.78, 5) is 17.9. The molecule has 2 heterocycles. The lowest BCUT2D eigenvalue weighted by atomic mass is 10.2. The van der Waals surface area contributed by atoms with Crippen LogP contribution in [0.3, 0.4) is 0 Å². The van der Waals surface area contributed by atoms with Gasteiger partial charge < -0.3 is 15.1 Å². The Morgan fingerprint density at radius 1 is 1.45 bits per heavy atom. The summed E-state index contributed by atoms with van der Waals surface area (Å²) in [6.45, 7) is 4.59. The fourth-order valence-corrected chi connectivity index (χ4v) is 2.23. The summed E-state index contributed by atoms with van der Waals surface area (Å²) in [5.41, 5.74) is 0.766. The normalized spacial score (nSPS) is 11.2. The molecule has 0 amide bonds. The summed E-state index contributed by atoms with van der Waals surface area (Å²) < 4.78 is 1.58. The zero-order valence-corrected chi connectivity index (χ0v) is 11.7. The largest absolute Gasteiger partial charge is 0.476 e. The van der Waals surface area contributed by atoms with Crippen molar-refractivity contribution in [1.29, 1.82) is 0 Å². The number of imidazole rings is 1. The van der Waals surface area contributed by atoms with Crippen LogP contribution in [0.25, 0.3) is 5.65 Å². The Bertz CT molecular complexity index is 607. The van der Waals surface area contributed by atoms with Gasteiger partial charge in [0, 0.05) is 25.4 Å². The number of carboxylic acids is 1. The number of anilines is 1. The van der Waals surface area contributed by atoms with Crippen molar-refractivity contribution >= 4 is 17.4 Å². The van der Waals surface area contributed by atoms with E-state index >= 15 is 0 Å². The maximum atomic E-state index is 11.6. The molecule has 0 aromatic carbocycles. The van der Waals surface area contributed by atoms with Gasteiger partial charge in [-0.05, 0) is 32.4 Å². The monoisotopic (exact) mass is 277 g/mol. The number of hydrogen-bond acceptors (Lipinski definition) is 4. The molecule has 108 valence electrons. The second-order valence-electron chi connectivity index (χ2n) is 4.88. The Morgan fingerprint density at radius 2 is 2.20 bits per heavy atom. The van der Waals surface area contributed by atoms with Crippen molar-refractivity contribution in [1.82, 2.24) is 9.38 Å². The minimum atomic E-state index is -1.01. The van der Waals surface area contributed by atoms with E-state index in [-0.39, 0.29) is 18.3 Å². The van der Waals surface area contributed by atoms with E-state index in [4.69, 9.17) is 5.11 Å². The van der Waals surface area contributed by atoms with Gasteiger partial charge >= 0.3 is 5.97 Å². The predicted octanol–water partition coefficient (Wildman–Crippen LogP) is 1.63. The molecule has 6 heteroatoms. The van der Waals surface area contributed by atoms with Crippen LogP contribution in [0, 0.1) is 0 Å². The summed E-state index contributed by atoms with van der Waals surface area (Å²) in [6, 6.07) is 5.48. The summed E-state index contributed by atoms with van der Waals surface area (Å²) in [6.07, 6.45) is 2.27. The topological polar surface area (TPSA) is 78.1 Å². The lowest BCUT2D eigenvalue weighted by molar-refractivity contribution is 0.0690. The zero-order chi connectivity index (χ0) is 14.7. The second-order valence-corrected chi connectivity index (χ2v) is 4.88. The SMILES string of the molecule is CC(C)N(CCCO)c1nc2ccccn2c1C(=O)O. The quantitative estimate of drug-likeness (QED) is 0.839. The number of pyridine rings is 1. The highest BCUT2D eigenvalue weighted by Crippen LogP contribution is 2.24. The number of aliphatic hydroxyl groups is 1. The number of aliphatic hydroxyl groups excluding tert-OH is 1. The van der Waals surface area contributed by atoms with E-state index in [1.807, 2.05) is 24.8 Å². The number of hydrogen-bond donors (Lipinski definition) is 2. The van der Waals surface area contributed by atoms with Crippen molar-refractivity contribution in [2.24, 2.45) is 0 Å². The molecule has 0 saturated heterocycles. The van der Waals surface area contributed by atoms with E-state index in [9.17, 15) is 9.90 Å². The number of rotatable bonds is 6. The molecule has 0 spiro atoms. The van der Waals surface area contributed by atoms with E-state index < -0.39 is 5.97 Å². The van der Waals surface area contributed by atoms with Crippen molar-refractivity contribution in [2.45, 2.75) is 26.3 Å². The smallest absolute Gasteiger partial charge is 0.356 e. The Morgan fingerprint density at radius 3 is 2.80 bits per heavy atom. The Hall–Kier alpha value is -2.08. The summed E-state index contributed by atoms with van der Waals surface area (Å²) >= 11 is 0. The minimum Gasteiger partial charge on any atom is -0.476 e. The second kappa shape index (κ2) is 5.92. The molecule has 0 fully saturated rings. The highest BCUT2D eigenvalue weighted by Gasteiger charge is 2.24. The van der Waals surface area contributed by atoms with Gasteiger partial charge in [-0.15, -0.1) is 0 Å². The van der Waals surface area contributed by atoms with Gasteiger partial charge in [0.05, 0.1) is 0 Å². The van der Waals surface area contributed by atoms with Gasteiger partial charge in [-0.1, -0.05) is 6.07 Å². The molecule has 2 rings (SSSR count). The van der Waals surface area contributed by atoms with Crippen LogP contribution in [-0.4, -0.2) is 44.8 Å². The van der Waals surface area contributed by atoms with Gasteiger partial charge in [0.1, 0.15) is 5.65 Å². The van der Waals surface area contributed by atoms with Crippen molar-refractivity contribution in [2.75, 3.05) is 18.1 Å². The summed E-state index contributed by atoms with van der Waals surface area (Å²) in [5, 5.41) is 18.5. The molecule has 2 N–H and O–H groups in total. The Labute approximate surface area is 117 Å². The van der Waals surface area contributed by atoms with Gasteiger partial charge in [-0.25, -0.2) is 9.78 Å². The van der Waals surface area contributed by atoms with Crippen LogP contribution >= 0.6 is 0 Å². The van der Waals surface area contributed by atoms with Crippen LogP contribution in [0.5, 0.6) is 0 Å². The Kier molecular flexibility index (Phi) is 4.24. The van der Waals surface area contributed by atoms with Crippen LogP contribution in [-0.2, 0) is 0 Å². The van der Waals surface area contributed by atoms with Gasteiger partial charge in [0.25, 0.3) is 0 Å². The highest BCUT2D eigenvalue weighted by molar-refractivity contribution is 5.93. The molecule has 0 radical (unpaired) electrons. The fourth-order valence-electron chi connectivity index (χ4n) is 2.23. The van der Waals surface area contributed by atoms with Crippen LogP contribution in [0.4, 0.5) is 5.82 Å². The molecular formula is C14H19N3O3. The van der Waals surface area contributed by atoms with Crippen molar-refractivity contribution in [3.05, 3.63) is 30.1 Å². The van der Waals surface area contributed by atoms with E-state index in [1.165, 1.54) is 0 Å². The third-order valence-corrected chi connectivity index (χ3v) is 3.17. The average molecular weight is 277 g/mol. The van der Waals surface area contributed by atoms with E-state index in [2.05, 4.69) is 4.98 Å². The van der Waals surface area contributed by atoms with E-state index in [0.717, 1.165) is 0 Å². The molecular weight excluding hydrogens is 258 g/mol. The van der Waals surface area contributed by atoms with Crippen LogP contribution in [0.1, 0.15) is 30.8 Å². The summed E-state index contributed by atoms with van der Waals surface area (Å²) in [7, 11) is 0. The summed E-state index contributed by atoms with van der Waals surface area (Å²) in [5.74, 6) is -0.555. The molecule has 20 heavy (non-hydrogen) atoms. The van der Waals surface area contributed by atoms with Crippen LogP contribution in [0.2, 0.25) is 0 Å². The van der Waals surface area contributed by atoms with Crippen LogP contribution < -0.4 is 4.90 Å². The third kappa shape index (κ3) is 2.60. The third-order valence-electron chi connectivity index (χ3n) is 3.17. The molecule has 0 aliphatic heterocycles. The van der Waals surface area contributed by atoms with Gasteiger partial charge in [-0.3, -0.25) is 4.40 Å². The molecule has 0 bridgehead atoms. The number of fused-ring (bicyclic) bond motifs is 1. The number of aromatic nitrogens is 2. The lowest BCUT2D eigenvalue weighted by Gasteiger charge is -2.27. The van der Waals surface area contributed by atoms with Gasteiger partial charge in [0.2, 0.25) is 0 Å². The van der Waals surface area contributed by atoms with E-state index in [0.29, 0.717) is 24.4 Å². The standard InChI is InChI=1S/C14H19N3O3/c1-10(2)16(8-5-9-18)13-12(14(19)20)17-7-4-3-6-11(17)15-13/h3-4,6-7,10,18H,5,8-9H2,1-2H3,(H,19,20). The lowest BCUT2D eigenvalue weighted by Crippen LogP contribution is -2.33. The maximum absolute atomic E-state index is 11.6. The first-order valence-corrected chi connectivity index (χ1v) is 6.64.